The van der Waals surface area contributed by atoms with E-state index >= 15 is 0 Å². The number of nitrogens with one attached hydrogen (secondary N) is 2. The van der Waals surface area contributed by atoms with Gasteiger partial charge in [0.05, 0.1) is 23.4 Å². The summed E-state index contributed by atoms with van der Waals surface area (Å²) in [6.07, 6.45) is 0. The minimum Gasteiger partial charge on any atom is -0.358 e. The first-order chi connectivity index (χ1) is 13.8. The number of carbonyl (C=O) groups is 2. The number of anilines is 2. The Bertz CT molecular complexity index is 1090. The maximum Gasteiger partial charge on any atom is 0.390 e. The van der Waals surface area contributed by atoms with Gasteiger partial charge < -0.3 is 20.7 Å². The fourth-order valence-corrected chi connectivity index (χ4v) is 2.86. The van der Waals surface area contributed by atoms with E-state index in [4.69, 9.17) is 0 Å². The number of rotatable bonds is 6. The van der Waals surface area contributed by atoms with Crippen LogP contribution in [0.2, 0.25) is 0 Å². The van der Waals surface area contributed by atoms with E-state index in [0.29, 0.717) is 28.2 Å². The number of aromatic nitrogens is 2. The van der Waals surface area contributed by atoms with E-state index < -0.39 is 4.92 Å². The van der Waals surface area contributed by atoms with Gasteiger partial charge in [-0.1, -0.05) is 24.3 Å². The molecule has 2 aromatic carbocycles. The van der Waals surface area contributed by atoms with Crippen molar-refractivity contribution in [1.29, 1.82) is 0 Å². The Balaban J connectivity index is 1.82. The van der Waals surface area contributed by atoms with Crippen LogP contribution in [0.1, 0.15) is 28.5 Å². The predicted molar refractivity (Wildman–Crippen MR) is 108 cm³/mol. The Morgan fingerprint density at radius 1 is 1.07 bits per heavy atom. The Kier molecular flexibility index (Phi) is 5.68. The summed E-state index contributed by atoms with van der Waals surface area (Å²) < 4.78 is 1.49. The van der Waals surface area contributed by atoms with Gasteiger partial charge in [-0.25, -0.2) is 0 Å². The van der Waals surface area contributed by atoms with Crippen LogP contribution in [0.5, 0.6) is 0 Å². The van der Waals surface area contributed by atoms with Crippen molar-refractivity contribution in [3.63, 3.8) is 0 Å². The fraction of sp³-hybridized carbons (Fsp3) is 0.150. The minimum absolute atomic E-state index is 0.206. The van der Waals surface area contributed by atoms with Gasteiger partial charge in [0.15, 0.2) is 0 Å². The van der Waals surface area contributed by atoms with Crippen molar-refractivity contribution in [2.75, 3.05) is 10.6 Å². The molecule has 0 aliphatic carbocycles. The van der Waals surface area contributed by atoms with Gasteiger partial charge in [-0.3, -0.25) is 9.59 Å². The van der Waals surface area contributed by atoms with Gasteiger partial charge in [0.1, 0.15) is 0 Å². The lowest BCUT2D eigenvalue weighted by Gasteiger charge is -2.11. The highest BCUT2D eigenvalue weighted by atomic mass is 16.6. The van der Waals surface area contributed by atoms with E-state index in [1.54, 1.807) is 55.5 Å². The number of nitrogens with zero attached hydrogens (tertiary/aromatic N) is 3. The molecular weight excluding hydrogens is 374 g/mol. The molecule has 0 unspecified atom stereocenters. The molecule has 29 heavy (non-hydrogen) atoms. The van der Waals surface area contributed by atoms with E-state index in [-0.39, 0.29) is 24.2 Å². The molecule has 0 atom stereocenters. The number of benzene rings is 2. The third-order valence-corrected chi connectivity index (χ3v) is 4.18. The second-order valence-corrected chi connectivity index (χ2v) is 6.43. The molecule has 0 saturated carbocycles. The summed E-state index contributed by atoms with van der Waals surface area (Å²) >= 11 is 0. The second kappa shape index (κ2) is 8.34. The van der Waals surface area contributed by atoms with E-state index in [2.05, 4.69) is 15.7 Å². The summed E-state index contributed by atoms with van der Waals surface area (Å²) in [5.41, 5.74) is 2.82. The van der Waals surface area contributed by atoms with Crippen LogP contribution in [0.3, 0.4) is 0 Å². The quantitative estimate of drug-likeness (QED) is 0.492. The summed E-state index contributed by atoms with van der Waals surface area (Å²) in [6, 6.07) is 15.2. The highest BCUT2D eigenvalue weighted by Crippen LogP contribution is 2.19. The molecule has 2 amide bonds. The predicted octanol–water partition coefficient (Wildman–Crippen LogP) is 3.36. The largest absolute Gasteiger partial charge is 0.390 e. The molecule has 1 aromatic heterocycles. The van der Waals surface area contributed by atoms with Gasteiger partial charge in [0.2, 0.25) is 5.91 Å². The first-order valence-electron chi connectivity index (χ1n) is 8.79. The third-order valence-electron chi connectivity index (χ3n) is 4.18. The van der Waals surface area contributed by atoms with Crippen LogP contribution >= 0.6 is 0 Å². The summed E-state index contributed by atoms with van der Waals surface area (Å²) in [5, 5.41) is 20.4. The number of hydrogen-bond donors (Lipinski definition) is 2. The second-order valence-electron chi connectivity index (χ2n) is 6.43. The molecule has 1 heterocycles. The molecule has 9 nitrogen and oxygen atoms in total. The number of carbonyl (C=O) groups excluding carboxylic acids is 2. The van der Waals surface area contributed by atoms with Gasteiger partial charge in [-0.15, -0.1) is 0 Å². The normalized spacial score (nSPS) is 10.4. The molecule has 3 aromatic rings. The van der Waals surface area contributed by atoms with Crippen LogP contribution in [0, 0.1) is 17.0 Å². The number of nitro groups is 1. The summed E-state index contributed by atoms with van der Waals surface area (Å²) in [4.78, 5) is 34.4. The van der Waals surface area contributed by atoms with E-state index in [1.165, 1.54) is 17.7 Å². The van der Waals surface area contributed by atoms with Crippen LogP contribution in [-0.2, 0) is 11.3 Å². The standard InChI is InChI=1S/C20H19N5O4/c1-13-10-19(25(28)29)23-24(13)12-15-6-3-4-9-18(15)20(27)22-17-8-5-7-16(11-17)21-14(2)26/h3-11H,12H2,1-2H3,(H,21,26)(H,22,27). The molecule has 0 aliphatic rings. The highest BCUT2D eigenvalue weighted by Gasteiger charge is 2.18. The van der Waals surface area contributed by atoms with E-state index in [9.17, 15) is 19.7 Å². The lowest BCUT2D eigenvalue weighted by Crippen LogP contribution is -2.16. The van der Waals surface area contributed by atoms with Gasteiger partial charge in [-0.2, -0.15) is 4.68 Å². The first kappa shape index (κ1) is 19.7. The number of amides is 2. The molecule has 3 rings (SSSR count). The molecule has 0 bridgehead atoms. The number of hydrogen-bond acceptors (Lipinski definition) is 5. The van der Waals surface area contributed by atoms with Gasteiger partial charge in [0, 0.05) is 23.9 Å². The number of aryl methyl sites for hydroxylation is 1. The topological polar surface area (TPSA) is 119 Å². The summed E-state index contributed by atoms with van der Waals surface area (Å²) in [5.74, 6) is -0.776. The zero-order valence-corrected chi connectivity index (χ0v) is 15.9. The Hall–Kier alpha value is -4.01. The SMILES string of the molecule is CC(=O)Nc1cccc(NC(=O)c2ccccc2Cn2nc([N+](=O)[O-])cc2C)c1. The molecule has 2 N–H and O–H groups in total. The smallest absolute Gasteiger partial charge is 0.358 e. The minimum atomic E-state index is -0.551. The van der Waals surface area contributed by atoms with Crippen molar-refractivity contribution in [3.05, 3.63) is 81.5 Å². The van der Waals surface area contributed by atoms with Crippen molar-refractivity contribution < 1.29 is 14.5 Å². The molecule has 0 fully saturated rings. The monoisotopic (exact) mass is 393 g/mol. The van der Waals surface area contributed by atoms with Gasteiger partial charge >= 0.3 is 5.82 Å². The molecule has 0 spiro atoms. The molecule has 0 aliphatic heterocycles. The lowest BCUT2D eigenvalue weighted by molar-refractivity contribution is -0.389. The maximum atomic E-state index is 12.8. The first-order valence-corrected chi connectivity index (χ1v) is 8.79. The van der Waals surface area contributed by atoms with Crippen LogP contribution in [0.15, 0.2) is 54.6 Å². The zero-order chi connectivity index (χ0) is 21.0. The van der Waals surface area contributed by atoms with Crippen LogP contribution in [0.4, 0.5) is 17.2 Å². The molecule has 9 heteroatoms. The van der Waals surface area contributed by atoms with Crippen molar-refractivity contribution in [1.82, 2.24) is 9.78 Å². The average molecular weight is 393 g/mol. The van der Waals surface area contributed by atoms with Crippen LogP contribution in [-0.4, -0.2) is 26.5 Å². The summed E-state index contributed by atoms with van der Waals surface area (Å²) in [7, 11) is 0. The molecule has 148 valence electrons. The fourth-order valence-electron chi connectivity index (χ4n) is 2.86. The molecule has 0 saturated heterocycles. The lowest BCUT2D eigenvalue weighted by atomic mass is 10.1. The van der Waals surface area contributed by atoms with Gasteiger partial charge in [0.25, 0.3) is 5.91 Å². The Morgan fingerprint density at radius 3 is 2.41 bits per heavy atom. The van der Waals surface area contributed by atoms with E-state index in [1.807, 2.05) is 0 Å². The average Bonchev–Trinajstić information content (AvgIpc) is 3.03. The van der Waals surface area contributed by atoms with Crippen molar-refractivity contribution in [2.24, 2.45) is 0 Å². The van der Waals surface area contributed by atoms with Crippen molar-refractivity contribution in [2.45, 2.75) is 20.4 Å². The zero-order valence-electron chi connectivity index (χ0n) is 15.9. The van der Waals surface area contributed by atoms with Crippen molar-refractivity contribution >= 4 is 29.0 Å². The third kappa shape index (κ3) is 4.83. The van der Waals surface area contributed by atoms with Crippen LogP contribution < -0.4 is 10.6 Å². The molecule has 0 radical (unpaired) electrons. The van der Waals surface area contributed by atoms with E-state index in [0.717, 1.165) is 0 Å². The Labute approximate surface area is 166 Å². The van der Waals surface area contributed by atoms with Gasteiger partial charge in [-0.05, 0) is 41.7 Å². The Morgan fingerprint density at radius 2 is 1.76 bits per heavy atom. The maximum absolute atomic E-state index is 12.8. The van der Waals surface area contributed by atoms with Crippen molar-refractivity contribution in [3.8, 4) is 0 Å². The van der Waals surface area contributed by atoms with Crippen LogP contribution in [0.25, 0.3) is 0 Å². The molecular formula is C20H19N5O4. The highest BCUT2D eigenvalue weighted by molar-refractivity contribution is 6.05. The summed E-state index contributed by atoms with van der Waals surface area (Å²) in [6.45, 7) is 3.34.